The first-order valence-electron chi connectivity index (χ1n) is 22.5. The van der Waals surface area contributed by atoms with E-state index in [9.17, 15) is 37.9 Å². The molecule has 58 heavy (non-hydrogen) atoms. The third kappa shape index (κ3) is 30.0. The van der Waals surface area contributed by atoms with Crippen molar-refractivity contribution in [3.05, 3.63) is 36.5 Å². The van der Waals surface area contributed by atoms with Gasteiger partial charge >= 0.3 is 11.9 Å². The molecule has 0 aromatic heterocycles. The quantitative estimate of drug-likeness (QED) is 0.0202. The zero-order valence-electron chi connectivity index (χ0n) is 35.9. The highest BCUT2D eigenvalue weighted by Crippen LogP contribution is 2.24. The maximum atomic E-state index is 12.8. The Hall–Kier alpha value is -2.13. The second kappa shape index (κ2) is 35.6. The number of esters is 2. The standard InChI is InChI=1S/C45H80O12S/c1-3-5-7-9-11-13-15-17-18-19-20-22-23-25-27-29-31-33-40(46)54-35-38(36-55-45-44(50)43(49)42(48)39(57-45)37-58(51,52)53)56-41(47)34-32-30-28-26-24-21-16-14-12-10-8-6-4-2/h6,8,12,14,21,24,38-39,42-45,48-50H,3-5,7,9-11,13,15-20,22-23,25-37H2,1-2H3,(H,51,52,53)/b8-6-,14-12-,24-21-. The first-order valence-corrected chi connectivity index (χ1v) is 24.2. The maximum absolute atomic E-state index is 12.8. The van der Waals surface area contributed by atoms with Crippen molar-refractivity contribution in [1.29, 1.82) is 0 Å². The Morgan fingerprint density at radius 2 is 1.09 bits per heavy atom. The molecule has 0 radical (unpaired) electrons. The fourth-order valence-electron chi connectivity index (χ4n) is 6.75. The van der Waals surface area contributed by atoms with E-state index in [-0.39, 0.29) is 19.4 Å². The van der Waals surface area contributed by atoms with Crippen LogP contribution in [0.15, 0.2) is 36.5 Å². The van der Waals surface area contributed by atoms with Gasteiger partial charge in [-0.3, -0.25) is 14.1 Å². The van der Waals surface area contributed by atoms with Gasteiger partial charge in [-0.2, -0.15) is 8.42 Å². The van der Waals surface area contributed by atoms with E-state index in [1.807, 2.05) is 0 Å². The average Bonchev–Trinajstić information content (AvgIpc) is 3.18. The van der Waals surface area contributed by atoms with Crippen LogP contribution in [0.3, 0.4) is 0 Å². The van der Waals surface area contributed by atoms with Gasteiger partial charge in [-0.05, 0) is 44.9 Å². The van der Waals surface area contributed by atoms with Crippen LogP contribution in [-0.4, -0.2) is 96.0 Å². The van der Waals surface area contributed by atoms with Crippen LogP contribution in [0, 0.1) is 0 Å². The van der Waals surface area contributed by atoms with E-state index in [0.29, 0.717) is 12.8 Å². The number of aliphatic hydroxyl groups excluding tert-OH is 3. The molecule has 0 aliphatic carbocycles. The van der Waals surface area contributed by atoms with Gasteiger partial charge in [-0.15, -0.1) is 0 Å². The van der Waals surface area contributed by atoms with Gasteiger partial charge in [-0.25, -0.2) is 0 Å². The Morgan fingerprint density at radius 1 is 0.603 bits per heavy atom. The molecule has 13 heteroatoms. The van der Waals surface area contributed by atoms with Crippen LogP contribution < -0.4 is 0 Å². The van der Waals surface area contributed by atoms with Crippen molar-refractivity contribution in [2.45, 2.75) is 218 Å². The molecule has 0 spiro atoms. The number of unbranched alkanes of at least 4 members (excludes halogenated alkanes) is 19. The van der Waals surface area contributed by atoms with Crippen LogP contribution in [0.2, 0.25) is 0 Å². The predicted molar refractivity (Wildman–Crippen MR) is 229 cm³/mol. The smallest absolute Gasteiger partial charge is 0.306 e. The summed E-state index contributed by atoms with van der Waals surface area (Å²) in [5, 5.41) is 30.8. The van der Waals surface area contributed by atoms with Crippen molar-refractivity contribution in [1.82, 2.24) is 0 Å². The number of allylic oxidation sites excluding steroid dienone is 6. The molecule has 0 aromatic carbocycles. The number of carbonyl (C=O) groups excluding carboxylic acids is 2. The second-order valence-corrected chi connectivity index (χ2v) is 17.2. The summed E-state index contributed by atoms with van der Waals surface area (Å²) < 4.78 is 54.0. The lowest BCUT2D eigenvalue weighted by atomic mass is 10.00. The fourth-order valence-corrected chi connectivity index (χ4v) is 7.44. The van der Waals surface area contributed by atoms with E-state index in [2.05, 4.69) is 50.3 Å². The van der Waals surface area contributed by atoms with Crippen LogP contribution in [-0.2, 0) is 38.7 Å². The van der Waals surface area contributed by atoms with Crippen LogP contribution >= 0.6 is 0 Å². The Bertz CT molecular complexity index is 1220. The fraction of sp³-hybridized carbons (Fsp3) is 0.822. The average molecular weight is 845 g/mol. The molecular weight excluding hydrogens is 765 g/mol. The first-order chi connectivity index (χ1) is 28.0. The van der Waals surface area contributed by atoms with E-state index in [1.165, 1.54) is 83.5 Å². The van der Waals surface area contributed by atoms with Gasteiger partial charge in [0.2, 0.25) is 0 Å². The molecule has 1 saturated heterocycles. The summed E-state index contributed by atoms with van der Waals surface area (Å²) in [6.07, 6.45) is 30.5. The van der Waals surface area contributed by atoms with Crippen molar-refractivity contribution >= 4 is 22.1 Å². The predicted octanol–water partition coefficient (Wildman–Crippen LogP) is 9.00. The number of hydrogen-bond acceptors (Lipinski definition) is 11. The minimum absolute atomic E-state index is 0.130. The molecule has 1 heterocycles. The van der Waals surface area contributed by atoms with E-state index >= 15 is 0 Å². The van der Waals surface area contributed by atoms with Gasteiger partial charge in [0, 0.05) is 12.8 Å². The molecule has 1 aliphatic rings. The molecule has 1 fully saturated rings. The van der Waals surface area contributed by atoms with E-state index < -0.39 is 71.2 Å². The highest BCUT2D eigenvalue weighted by Gasteiger charge is 2.46. The molecule has 0 amide bonds. The molecule has 0 saturated carbocycles. The molecule has 1 rings (SSSR count). The SMILES string of the molecule is CC/C=C\C/C=C\C/C=C\CCCCCC(=O)OC(COC(=O)CCCCCCCCCCCCCCCCCCC)COC1OC(CS(=O)(=O)O)C(O)C(O)C1O. The van der Waals surface area contributed by atoms with Crippen LogP contribution in [0.5, 0.6) is 0 Å². The summed E-state index contributed by atoms with van der Waals surface area (Å²) in [5.74, 6) is -2.02. The summed E-state index contributed by atoms with van der Waals surface area (Å²) in [6.45, 7) is 3.62. The van der Waals surface area contributed by atoms with Crippen molar-refractivity contribution in [3.8, 4) is 0 Å². The topological polar surface area (TPSA) is 186 Å². The van der Waals surface area contributed by atoms with Crippen LogP contribution in [0.1, 0.15) is 181 Å². The number of rotatable bonds is 37. The minimum atomic E-state index is -4.60. The van der Waals surface area contributed by atoms with Crippen molar-refractivity contribution in [3.63, 3.8) is 0 Å². The summed E-state index contributed by atoms with van der Waals surface area (Å²) in [7, 11) is -4.60. The van der Waals surface area contributed by atoms with Crippen molar-refractivity contribution < 1.29 is 56.8 Å². The lowest BCUT2D eigenvalue weighted by Gasteiger charge is -2.40. The molecule has 0 bridgehead atoms. The number of carbonyl (C=O) groups is 2. The van der Waals surface area contributed by atoms with Crippen molar-refractivity contribution in [2.75, 3.05) is 19.0 Å². The molecular formula is C45H80O12S. The van der Waals surface area contributed by atoms with Gasteiger partial charge in [0.05, 0.1) is 6.61 Å². The Morgan fingerprint density at radius 3 is 1.62 bits per heavy atom. The monoisotopic (exact) mass is 845 g/mol. The largest absolute Gasteiger partial charge is 0.462 e. The molecule has 4 N–H and O–H groups in total. The van der Waals surface area contributed by atoms with Crippen LogP contribution in [0.25, 0.3) is 0 Å². The third-order valence-electron chi connectivity index (χ3n) is 10.2. The van der Waals surface area contributed by atoms with Gasteiger partial charge in [0.25, 0.3) is 10.1 Å². The van der Waals surface area contributed by atoms with Crippen molar-refractivity contribution in [2.24, 2.45) is 0 Å². The maximum Gasteiger partial charge on any atom is 0.306 e. The summed E-state index contributed by atoms with van der Waals surface area (Å²) in [5.41, 5.74) is 0. The van der Waals surface area contributed by atoms with Gasteiger partial charge in [0.1, 0.15) is 36.8 Å². The van der Waals surface area contributed by atoms with E-state index in [0.717, 1.165) is 57.8 Å². The van der Waals surface area contributed by atoms with E-state index in [4.69, 9.17) is 18.9 Å². The second-order valence-electron chi connectivity index (χ2n) is 15.7. The zero-order chi connectivity index (χ0) is 42.7. The lowest BCUT2D eigenvalue weighted by Crippen LogP contribution is -2.60. The van der Waals surface area contributed by atoms with Gasteiger partial charge in [0.15, 0.2) is 12.4 Å². The van der Waals surface area contributed by atoms with E-state index in [1.54, 1.807) is 0 Å². The molecule has 338 valence electrons. The Labute approximate surface area is 351 Å². The first kappa shape index (κ1) is 53.9. The zero-order valence-corrected chi connectivity index (χ0v) is 36.7. The Balaban J connectivity index is 2.44. The molecule has 0 aromatic rings. The Kier molecular flexibility index (Phi) is 33.1. The molecule has 12 nitrogen and oxygen atoms in total. The third-order valence-corrected chi connectivity index (χ3v) is 11.0. The highest BCUT2D eigenvalue weighted by molar-refractivity contribution is 7.85. The lowest BCUT2D eigenvalue weighted by molar-refractivity contribution is -0.297. The van der Waals surface area contributed by atoms with Crippen LogP contribution in [0.4, 0.5) is 0 Å². The number of hydrogen-bond donors (Lipinski definition) is 4. The summed E-state index contributed by atoms with van der Waals surface area (Å²) in [6, 6.07) is 0. The highest BCUT2D eigenvalue weighted by atomic mass is 32.2. The molecule has 6 atom stereocenters. The number of ether oxygens (including phenoxy) is 4. The summed E-state index contributed by atoms with van der Waals surface area (Å²) in [4.78, 5) is 25.4. The molecule has 1 aliphatic heterocycles. The summed E-state index contributed by atoms with van der Waals surface area (Å²) >= 11 is 0. The van der Waals surface area contributed by atoms with Gasteiger partial charge < -0.3 is 34.3 Å². The number of aliphatic hydroxyl groups is 3. The minimum Gasteiger partial charge on any atom is -0.462 e. The normalized spacial score (nSPS) is 20.7. The van der Waals surface area contributed by atoms with Gasteiger partial charge in [-0.1, -0.05) is 159 Å². The molecule has 6 unspecified atom stereocenters.